The molecule has 1 aliphatic rings. The van der Waals surface area contributed by atoms with Gasteiger partial charge < -0.3 is 10.2 Å². The lowest BCUT2D eigenvalue weighted by molar-refractivity contribution is 0.0938. The van der Waals surface area contributed by atoms with Gasteiger partial charge in [0.25, 0.3) is 5.91 Å². The average Bonchev–Trinajstić information content (AvgIpc) is 3.34. The zero-order valence-electron chi connectivity index (χ0n) is 14.7. The summed E-state index contributed by atoms with van der Waals surface area (Å²) in [5.41, 5.74) is 3.84. The fourth-order valence-electron chi connectivity index (χ4n) is 3.32. The molecule has 6 nitrogen and oxygen atoms in total. The highest BCUT2D eigenvalue weighted by molar-refractivity contribution is 5.95. The minimum absolute atomic E-state index is 0.00455. The lowest BCUT2D eigenvalue weighted by atomic mass is 10.0. The first kappa shape index (κ1) is 16.5. The Morgan fingerprint density at radius 1 is 1.08 bits per heavy atom. The fraction of sp³-hybridized carbons (Fsp3) is 0.250. The molecule has 2 aromatic carbocycles. The van der Waals surface area contributed by atoms with E-state index in [0.29, 0.717) is 5.56 Å². The molecule has 1 aliphatic heterocycles. The third kappa shape index (κ3) is 3.50. The molecule has 1 fully saturated rings. The average molecular weight is 347 g/mol. The second-order valence-corrected chi connectivity index (χ2v) is 6.72. The van der Waals surface area contributed by atoms with Crippen molar-refractivity contribution in [3.05, 3.63) is 66.7 Å². The summed E-state index contributed by atoms with van der Waals surface area (Å²) in [6, 6.07) is 16.1. The van der Waals surface area contributed by atoms with E-state index in [-0.39, 0.29) is 11.9 Å². The molecule has 3 aromatic rings. The van der Waals surface area contributed by atoms with Gasteiger partial charge in [-0.05, 0) is 55.4 Å². The highest BCUT2D eigenvalue weighted by atomic mass is 16.1. The predicted molar refractivity (Wildman–Crippen MR) is 100 cm³/mol. The molecule has 1 N–H and O–H groups in total. The molecule has 132 valence electrons. The van der Waals surface area contributed by atoms with Gasteiger partial charge in [0, 0.05) is 23.8 Å². The van der Waals surface area contributed by atoms with E-state index in [1.54, 1.807) is 12.7 Å². The van der Waals surface area contributed by atoms with Crippen LogP contribution in [0.1, 0.15) is 16.8 Å². The number of amides is 1. The lowest BCUT2D eigenvalue weighted by Gasteiger charge is -2.13. The summed E-state index contributed by atoms with van der Waals surface area (Å²) >= 11 is 0. The van der Waals surface area contributed by atoms with Crippen LogP contribution in [0.3, 0.4) is 0 Å². The summed E-state index contributed by atoms with van der Waals surface area (Å²) in [4.78, 5) is 14.7. The first-order valence-electron chi connectivity index (χ1n) is 8.74. The molecule has 1 amide bonds. The maximum absolute atomic E-state index is 12.4. The second-order valence-electron chi connectivity index (χ2n) is 6.72. The quantitative estimate of drug-likeness (QED) is 0.787. The second kappa shape index (κ2) is 7.09. The summed E-state index contributed by atoms with van der Waals surface area (Å²) in [7, 11) is 2.08. The standard InChI is InChI=1S/C20H21N5O/c1-24-10-9-18(12-24)23-20(26)16-7-5-15(6-8-16)17-3-2-4-19(11-17)25-13-21-22-14-25/h2-8,11,13-14,18H,9-10,12H2,1H3,(H,23,26)/t18-/m1/s1. The van der Waals surface area contributed by atoms with Crippen molar-refractivity contribution in [3.63, 3.8) is 0 Å². The van der Waals surface area contributed by atoms with Gasteiger partial charge in [-0.2, -0.15) is 0 Å². The SMILES string of the molecule is CN1CC[C@@H](NC(=O)c2ccc(-c3cccc(-n4cnnc4)c3)cc2)C1. The maximum Gasteiger partial charge on any atom is 0.251 e. The highest BCUT2D eigenvalue weighted by Gasteiger charge is 2.21. The Bertz CT molecular complexity index is 889. The van der Waals surface area contributed by atoms with E-state index in [9.17, 15) is 4.79 Å². The summed E-state index contributed by atoms with van der Waals surface area (Å²) in [6.07, 6.45) is 4.36. The normalized spacial score (nSPS) is 17.3. The van der Waals surface area contributed by atoms with E-state index >= 15 is 0 Å². The zero-order chi connectivity index (χ0) is 17.9. The molecule has 1 saturated heterocycles. The van der Waals surface area contributed by atoms with Crippen LogP contribution in [-0.2, 0) is 0 Å². The number of carbonyl (C=O) groups is 1. The molecule has 0 bridgehead atoms. The Morgan fingerprint density at radius 2 is 1.85 bits per heavy atom. The summed E-state index contributed by atoms with van der Waals surface area (Å²) in [5.74, 6) is -0.00455. The Hall–Kier alpha value is -2.99. The molecule has 0 radical (unpaired) electrons. The zero-order valence-corrected chi connectivity index (χ0v) is 14.7. The van der Waals surface area contributed by atoms with Gasteiger partial charge in [-0.3, -0.25) is 9.36 Å². The van der Waals surface area contributed by atoms with Gasteiger partial charge >= 0.3 is 0 Å². The van der Waals surface area contributed by atoms with Crippen LogP contribution < -0.4 is 5.32 Å². The van der Waals surface area contributed by atoms with Crippen molar-refractivity contribution in [2.24, 2.45) is 0 Å². The number of likely N-dealkylation sites (tertiary alicyclic amines) is 1. The van der Waals surface area contributed by atoms with Crippen LogP contribution in [0.2, 0.25) is 0 Å². The molecule has 0 aliphatic carbocycles. The van der Waals surface area contributed by atoms with E-state index in [1.165, 1.54) is 0 Å². The van der Waals surface area contributed by atoms with Crippen LogP contribution in [0.25, 0.3) is 16.8 Å². The minimum atomic E-state index is -0.00455. The van der Waals surface area contributed by atoms with Crippen molar-refractivity contribution in [2.75, 3.05) is 20.1 Å². The van der Waals surface area contributed by atoms with Gasteiger partial charge in [-0.15, -0.1) is 10.2 Å². The molecule has 4 rings (SSSR count). The summed E-state index contributed by atoms with van der Waals surface area (Å²) in [5, 5.41) is 10.8. The number of hydrogen-bond donors (Lipinski definition) is 1. The Balaban J connectivity index is 1.49. The van der Waals surface area contributed by atoms with Crippen LogP contribution in [-0.4, -0.2) is 51.8 Å². The van der Waals surface area contributed by atoms with E-state index in [2.05, 4.69) is 39.6 Å². The third-order valence-electron chi connectivity index (χ3n) is 4.77. The number of carbonyl (C=O) groups excluding carboxylic acids is 1. The Kier molecular flexibility index (Phi) is 4.50. The van der Waals surface area contributed by atoms with Gasteiger partial charge in [-0.1, -0.05) is 24.3 Å². The van der Waals surface area contributed by atoms with Crippen LogP contribution in [0, 0.1) is 0 Å². The van der Waals surface area contributed by atoms with Crippen LogP contribution >= 0.6 is 0 Å². The molecule has 26 heavy (non-hydrogen) atoms. The van der Waals surface area contributed by atoms with E-state index in [4.69, 9.17) is 0 Å². The predicted octanol–water partition coefficient (Wildman–Crippen LogP) is 2.37. The molecule has 1 aromatic heterocycles. The summed E-state index contributed by atoms with van der Waals surface area (Å²) in [6.45, 7) is 1.95. The molecule has 6 heteroatoms. The molecule has 1 atom stereocenters. The molecule has 2 heterocycles. The van der Waals surface area contributed by atoms with Gasteiger partial charge in [0.2, 0.25) is 0 Å². The van der Waals surface area contributed by atoms with Gasteiger partial charge in [0.1, 0.15) is 12.7 Å². The van der Waals surface area contributed by atoms with E-state index in [0.717, 1.165) is 36.3 Å². The maximum atomic E-state index is 12.4. The van der Waals surface area contributed by atoms with Crippen molar-refractivity contribution < 1.29 is 4.79 Å². The lowest BCUT2D eigenvalue weighted by Crippen LogP contribution is -2.36. The van der Waals surface area contributed by atoms with Crippen LogP contribution in [0.4, 0.5) is 0 Å². The molecular weight excluding hydrogens is 326 g/mol. The van der Waals surface area contributed by atoms with Crippen molar-refractivity contribution in [1.29, 1.82) is 0 Å². The van der Waals surface area contributed by atoms with Crippen molar-refractivity contribution in [2.45, 2.75) is 12.5 Å². The molecular formula is C20H21N5O. The topological polar surface area (TPSA) is 63.1 Å². The van der Waals surface area contributed by atoms with Crippen LogP contribution in [0.15, 0.2) is 61.2 Å². The number of rotatable bonds is 4. The number of likely N-dealkylation sites (N-methyl/N-ethyl adjacent to an activating group) is 1. The number of nitrogens with one attached hydrogen (secondary N) is 1. The van der Waals surface area contributed by atoms with Gasteiger partial charge in [-0.25, -0.2) is 0 Å². The smallest absolute Gasteiger partial charge is 0.251 e. The monoisotopic (exact) mass is 347 g/mol. The highest BCUT2D eigenvalue weighted by Crippen LogP contribution is 2.22. The Labute approximate surface area is 152 Å². The fourth-order valence-corrected chi connectivity index (χ4v) is 3.32. The number of aromatic nitrogens is 3. The van der Waals surface area contributed by atoms with Gasteiger partial charge in [0.15, 0.2) is 0 Å². The summed E-state index contributed by atoms with van der Waals surface area (Å²) < 4.78 is 1.87. The number of benzene rings is 2. The van der Waals surface area contributed by atoms with Crippen molar-refractivity contribution >= 4 is 5.91 Å². The number of hydrogen-bond acceptors (Lipinski definition) is 4. The minimum Gasteiger partial charge on any atom is -0.348 e. The first-order valence-corrected chi connectivity index (χ1v) is 8.74. The van der Waals surface area contributed by atoms with Crippen molar-refractivity contribution in [3.8, 4) is 16.8 Å². The van der Waals surface area contributed by atoms with E-state index in [1.807, 2.05) is 41.0 Å². The van der Waals surface area contributed by atoms with Crippen molar-refractivity contribution in [1.82, 2.24) is 25.0 Å². The largest absolute Gasteiger partial charge is 0.348 e. The molecule has 0 unspecified atom stereocenters. The Morgan fingerprint density at radius 3 is 2.54 bits per heavy atom. The number of nitrogens with zero attached hydrogens (tertiary/aromatic N) is 4. The molecule has 0 saturated carbocycles. The molecule has 0 spiro atoms. The first-order chi connectivity index (χ1) is 12.7. The third-order valence-corrected chi connectivity index (χ3v) is 4.77. The van der Waals surface area contributed by atoms with E-state index < -0.39 is 0 Å². The van der Waals surface area contributed by atoms with Crippen LogP contribution in [0.5, 0.6) is 0 Å². The van der Waals surface area contributed by atoms with Gasteiger partial charge in [0.05, 0.1) is 0 Å².